The maximum atomic E-state index is 9.02. The maximum Gasteiger partial charge on any atom is 0.130 e. The molecule has 0 bridgehead atoms. The molecule has 0 radical (unpaired) electrons. The molecule has 5 heteroatoms. The van der Waals surface area contributed by atoms with Gasteiger partial charge in [-0.05, 0) is 42.2 Å². The van der Waals surface area contributed by atoms with Crippen LogP contribution in [-0.2, 0) is 0 Å². The first-order valence-electron chi connectivity index (χ1n) is 4.66. The van der Waals surface area contributed by atoms with Gasteiger partial charge in [0.05, 0.1) is 9.86 Å². The monoisotopic (exact) mass is 287 g/mol. The average Bonchev–Trinajstić information content (AvgIpc) is 2.59. The molecule has 1 aromatic rings. The minimum atomic E-state index is -0.193. The molecule has 15 heavy (non-hydrogen) atoms. The number of nitrogens with zero attached hydrogens (tertiary/aromatic N) is 2. The van der Waals surface area contributed by atoms with Crippen LogP contribution in [0.1, 0.15) is 10.9 Å². The van der Waals surface area contributed by atoms with Crippen LogP contribution in [0.15, 0.2) is 15.9 Å². The Morgan fingerprint density at radius 3 is 2.80 bits per heavy atom. The van der Waals surface area contributed by atoms with E-state index in [0.717, 1.165) is 21.8 Å². The minimum absolute atomic E-state index is 0.193. The summed E-state index contributed by atoms with van der Waals surface area (Å²) in [7, 11) is 4.04. The Morgan fingerprint density at radius 1 is 1.60 bits per heavy atom. The van der Waals surface area contributed by atoms with Gasteiger partial charge in [-0.1, -0.05) is 0 Å². The second kappa shape index (κ2) is 6.23. The van der Waals surface area contributed by atoms with Gasteiger partial charge in [0.15, 0.2) is 0 Å². The first kappa shape index (κ1) is 12.7. The summed E-state index contributed by atoms with van der Waals surface area (Å²) in [6.07, 6.45) is 0. The predicted octanol–water partition coefficient (Wildman–Crippen LogP) is 2.23. The van der Waals surface area contributed by atoms with Crippen molar-refractivity contribution in [3.8, 4) is 6.07 Å². The summed E-state index contributed by atoms with van der Waals surface area (Å²) in [5, 5.41) is 12.2. The first-order valence-corrected chi connectivity index (χ1v) is 6.27. The lowest BCUT2D eigenvalue weighted by molar-refractivity contribution is 0.395. The smallest absolute Gasteiger partial charge is 0.130 e. The lowest BCUT2D eigenvalue weighted by Gasteiger charge is -2.13. The lowest BCUT2D eigenvalue weighted by atomic mass is 10.2. The molecule has 0 aliphatic heterocycles. The second-order valence-corrected chi connectivity index (χ2v) is 5.96. The van der Waals surface area contributed by atoms with Crippen molar-refractivity contribution >= 4 is 27.3 Å². The fourth-order valence-electron chi connectivity index (χ4n) is 1.13. The summed E-state index contributed by atoms with van der Waals surface area (Å²) < 4.78 is 1.06. The average molecular weight is 288 g/mol. The van der Waals surface area contributed by atoms with Crippen molar-refractivity contribution in [2.45, 2.75) is 6.04 Å². The number of hydrogen-bond acceptors (Lipinski definition) is 4. The third kappa shape index (κ3) is 4.31. The SMILES string of the molecule is CN(C)CCNC(C#N)c1ccc(Br)s1. The van der Waals surface area contributed by atoms with Crippen molar-refractivity contribution in [3.63, 3.8) is 0 Å². The fraction of sp³-hybridized carbons (Fsp3) is 0.500. The highest BCUT2D eigenvalue weighted by molar-refractivity contribution is 9.11. The molecule has 1 rings (SSSR count). The molecular weight excluding hydrogens is 274 g/mol. The van der Waals surface area contributed by atoms with Gasteiger partial charge < -0.3 is 4.90 Å². The van der Waals surface area contributed by atoms with Crippen molar-refractivity contribution < 1.29 is 0 Å². The van der Waals surface area contributed by atoms with Gasteiger partial charge in [-0.3, -0.25) is 5.32 Å². The number of thiophene rings is 1. The van der Waals surface area contributed by atoms with E-state index < -0.39 is 0 Å². The second-order valence-electron chi connectivity index (χ2n) is 3.46. The van der Waals surface area contributed by atoms with Crippen LogP contribution in [0.25, 0.3) is 0 Å². The highest BCUT2D eigenvalue weighted by Crippen LogP contribution is 2.26. The summed E-state index contributed by atoms with van der Waals surface area (Å²) >= 11 is 4.99. The van der Waals surface area contributed by atoms with E-state index in [4.69, 9.17) is 5.26 Å². The molecule has 1 aromatic heterocycles. The summed E-state index contributed by atoms with van der Waals surface area (Å²) in [5.74, 6) is 0. The molecule has 82 valence electrons. The van der Waals surface area contributed by atoms with Gasteiger partial charge in [-0.25, -0.2) is 0 Å². The highest BCUT2D eigenvalue weighted by Gasteiger charge is 2.11. The molecule has 1 atom stereocenters. The van der Waals surface area contributed by atoms with Crippen molar-refractivity contribution in [2.75, 3.05) is 27.2 Å². The Balaban J connectivity index is 2.47. The van der Waals surface area contributed by atoms with Crippen LogP contribution in [0, 0.1) is 11.3 Å². The summed E-state index contributed by atoms with van der Waals surface area (Å²) in [6, 6.07) is 6.02. The van der Waals surface area contributed by atoms with Crippen molar-refractivity contribution in [1.29, 1.82) is 5.26 Å². The normalized spacial score (nSPS) is 12.7. The van der Waals surface area contributed by atoms with E-state index in [2.05, 4.69) is 32.2 Å². The van der Waals surface area contributed by atoms with E-state index in [9.17, 15) is 0 Å². The summed E-state index contributed by atoms with van der Waals surface area (Å²) in [4.78, 5) is 3.15. The highest BCUT2D eigenvalue weighted by atomic mass is 79.9. The van der Waals surface area contributed by atoms with Crippen LogP contribution in [0.3, 0.4) is 0 Å². The number of likely N-dealkylation sites (N-methyl/N-ethyl adjacent to an activating group) is 1. The van der Waals surface area contributed by atoms with E-state index in [-0.39, 0.29) is 6.04 Å². The van der Waals surface area contributed by atoms with E-state index in [1.165, 1.54) is 0 Å². The van der Waals surface area contributed by atoms with Gasteiger partial charge in [-0.15, -0.1) is 11.3 Å². The van der Waals surface area contributed by atoms with Gasteiger partial charge in [0.25, 0.3) is 0 Å². The van der Waals surface area contributed by atoms with Crippen LogP contribution in [-0.4, -0.2) is 32.1 Å². The molecule has 0 aliphatic rings. The quantitative estimate of drug-likeness (QED) is 0.903. The molecule has 0 amide bonds. The minimum Gasteiger partial charge on any atom is -0.308 e. The van der Waals surface area contributed by atoms with Crippen LogP contribution in [0.4, 0.5) is 0 Å². The van der Waals surface area contributed by atoms with Crippen molar-refractivity contribution in [2.24, 2.45) is 0 Å². The third-order valence-electron chi connectivity index (χ3n) is 1.92. The number of nitrogens with one attached hydrogen (secondary N) is 1. The molecule has 0 fully saturated rings. The van der Waals surface area contributed by atoms with Gasteiger partial charge >= 0.3 is 0 Å². The van der Waals surface area contributed by atoms with Gasteiger partial charge in [0, 0.05) is 18.0 Å². The number of hydrogen-bond donors (Lipinski definition) is 1. The summed E-state index contributed by atoms with van der Waals surface area (Å²) in [6.45, 7) is 1.76. The first-order chi connectivity index (χ1) is 7.13. The van der Waals surface area contributed by atoms with Crippen LogP contribution in [0.5, 0.6) is 0 Å². The maximum absolute atomic E-state index is 9.02. The Labute approximate surface area is 103 Å². The largest absolute Gasteiger partial charge is 0.308 e. The van der Waals surface area contributed by atoms with Crippen LogP contribution >= 0.6 is 27.3 Å². The Morgan fingerprint density at radius 2 is 2.33 bits per heavy atom. The number of nitriles is 1. The number of halogens is 1. The predicted molar refractivity (Wildman–Crippen MR) is 66.9 cm³/mol. The molecular formula is C10H14BrN3S. The van der Waals surface area contributed by atoms with Crippen LogP contribution in [0.2, 0.25) is 0 Å². The standard InChI is InChI=1S/C10H14BrN3S/c1-14(2)6-5-13-8(7-12)9-3-4-10(11)15-9/h3-4,8,13H,5-6H2,1-2H3. The number of rotatable bonds is 5. The van der Waals surface area contributed by atoms with E-state index in [1.54, 1.807) is 11.3 Å². The fourth-order valence-corrected chi connectivity index (χ4v) is 2.57. The van der Waals surface area contributed by atoms with Gasteiger partial charge in [0.2, 0.25) is 0 Å². The zero-order chi connectivity index (χ0) is 11.3. The molecule has 1 unspecified atom stereocenters. The molecule has 0 spiro atoms. The molecule has 1 heterocycles. The van der Waals surface area contributed by atoms with E-state index >= 15 is 0 Å². The van der Waals surface area contributed by atoms with Crippen LogP contribution < -0.4 is 5.32 Å². The van der Waals surface area contributed by atoms with Crippen molar-refractivity contribution in [3.05, 3.63) is 20.8 Å². The zero-order valence-electron chi connectivity index (χ0n) is 8.83. The Hall–Kier alpha value is -0.410. The molecule has 0 aromatic carbocycles. The third-order valence-corrected chi connectivity index (χ3v) is 3.60. The molecule has 0 aliphatic carbocycles. The topological polar surface area (TPSA) is 39.1 Å². The Bertz CT molecular complexity index is 343. The zero-order valence-corrected chi connectivity index (χ0v) is 11.2. The van der Waals surface area contributed by atoms with E-state index in [0.29, 0.717) is 0 Å². The lowest BCUT2D eigenvalue weighted by Crippen LogP contribution is -2.28. The molecule has 3 nitrogen and oxygen atoms in total. The molecule has 1 N–H and O–H groups in total. The van der Waals surface area contributed by atoms with Gasteiger partial charge in [-0.2, -0.15) is 5.26 Å². The molecule has 0 saturated heterocycles. The van der Waals surface area contributed by atoms with Crippen molar-refractivity contribution in [1.82, 2.24) is 10.2 Å². The van der Waals surface area contributed by atoms with Gasteiger partial charge in [0.1, 0.15) is 6.04 Å². The molecule has 0 saturated carbocycles. The van der Waals surface area contributed by atoms with E-state index in [1.807, 2.05) is 26.2 Å². The summed E-state index contributed by atoms with van der Waals surface area (Å²) in [5.41, 5.74) is 0. The Kier molecular flexibility index (Phi) is 5.26.